The maximum absolute atomic E-state index is 10.6. The zero-order valence-corrected chi connectivity index (χ0v) is 12.5. The first kappa shape index (κ1) is 15.1. The summed E-state index contributed by atoms with van der Waals surface area (Å²) in [6, 6.07) is 16.1. The molecule has 0 fully saturated rings. The monoisotopic (exact) mass is 283 g/mol. The van der Waals surface area contributed by atoms with Gasteiger partial charge in [0.1, 0.15) is 0 Å². The van der Waals surface area contributed by atoms with E-state index in [-0.39, 0.29) is 6.42 Å². The molecule has 0 unspecified atom stereocenters. The molecule has 0 amide bonds. The normalized spacial score (nSPS) is 10.6. The lowest BCUT2D eigenvalue weighted by Gasteiger charge is -2.09. The van der Waals surface area contributed by atoms with Crippen LogP contribution in [0.1, 0.15) is 36.5 Å². The van der Waals surface area contributed by atoms with E-state index in [0.717, 1.165) is 23.4 Å². The van der Waals surface area contributed by atoms with Crippen LogP contribution < -0.4 is 5.32 Å². The first-order valence-corrected chi connectivity index (χ1v) is 7.18. The van der Waals surface area contributed by atoms with Crippen LogP contribution in [0.2, 0.25) is 0 Å². The Balaban J connectivity index is 1.91. The van der Waals surface area contributed by atoms with E-state index in [2.05, 4.69) is 43.4 Å². The van der Waals surface area contributed by atoms with Gasteiger partial charge < -0.3 is 10.4 Å². The minimum absolute atomic E-state index is 0.0738. The van der Waals surface area contributed by atoms with Crippen molar-refractivity contribution >= 4 is 11.7 Å². The van der Waals surface area contributed by atoms with Gasteiger partial charge in [0.05, 0.1) is 6.42 Å². The highest BCUT2D eigenvalue weighted by atomic mass is 16.4. The number of carboxylic acids is 1. The number of anilines is 1. The number of benzene rings is 2. The predicted octanol–water partition coefficient (Wildman–Crippen LogP) is 4.05. The Kier molecular flexibility index (Phi) is 4.99. The Morgan fingerprint density at radius 2 is 1.57 bits per heavy atom. The number of hydrogen-bond acceptors (Lipinski definition) is 2. The Morgan fingerprint density at radius 3 is 2.10 bits per heavy atom. The van der Waals surface area contributed by atoms with Crippen molar-refractivity contribution < 1.29 is 9.90 Å². The van der Waals surface area contributed by atoms with E-state index in [1.54, 1.807) is 0 Å². The molecule has 0 aromatic heterocycles. The second kappa shape index (κ2) is 6.93. The second-order valence-electron chi connectivity index (χ2n) is 5.52. The molecule has 0 aliphatic rings. The lowest BCUT2D eigenvalue weighted by atomic mass is 10.0. The molecule has 2 rings (SSSR count). The average Bonchev–Trinajstić information content (AvgIpc) is 2.46. The number of rotatable bonds is 6. The van der Waals surface area contributed by atoms with Crippen LogP contribution in [0.3, 0.4) is 0 Å². The molecule has 3 nitrogen and oxygen atoms in total. The van der Waals surface area contributed by atoms with E-state index < -0.39 is 5.97 Å². The highest BCUT2D eigenvalue weighted by Crippen LogP contribution is 2.17. The summed E-state index contributed by atoms with van der Waals surface area (Å²) in [6.07, 6.45) is 0.0738. The van der Waals surface area contributed by atoms with Crippen LogP contribution in [0.15, 0.2) is 48.5 Å². The first-order valence-electron chi connectivity index (χ1n) is 7.18. The second-order valence-corrected chi connectivity index (χ2v) is 5.52. The van der Waals surface area contributed by atoms with Crippen LogP contribution in [-0.2, 0) is 17.8 Å². The average molecular weight is 283 g/mol. The van der Waals surface area contributed by atoms with E-state index >= 15 is 0 Å². The van der Waals surface area contributed by atoms with E-state index in [1.165, 1.54) is 5.56 Å². The molecule has 0 aliphatic carbocycles. The third kappa shape index (κ3) is 4.63. The summed E-state index contributed by atoms with van der Waals surface area (Å²) in [7, 11) is 0. The molecular formula is C18H21NO2. The molecule has 21 heavy (non-hydrogen) atoms. The fraction of sp³-hybridized carbons (Fsp3) is 0.278. The summed E-state index contributed by atoms with van der Waals surface area (Å²) in [4.78, 5) is 10.6. The van der Waals surface area contributed by atoms with Gasteiger partial charge in [-0.3, -0.25) is 4.79 Å². The van der Waals surface area contributed by atoms with Gasteiger partial charge in [-0.25, -0.2) is 0 Å². The van der Waals surface area contributed by atoms with Crippen molar-refractivity contribution in [2.75, 3.05) is 5.32 Å². The van der Waals surface area contributed by atoms with E-state index in [4.69, 9.17) is 5.11 Å². The lowest BCUT2D eigenvalue weighted by molar-refractivity contribution is -0.136. The van der Waals surface area contributed by atoms with Gasteiger partial charge in [-0.1, -0.05) is 50.2 Å². The Labute approximate surface area is 125 Å². The van der Waals surface area contributed by atoms with Crippen molar-refractivity contribution in [2.24, 2.45) is 0 Å². The molecule has 0 saturated carbocycles. The van der Waals surface area contributed by atoms with Gasteiger partial charge in [-0.05, 0) is 34.7 Å². The minimum Gasteiger partial charge on any atom is -0.481 e. The van der Waals surface area contributed by atoms with Crippen molar-refractivity contribution in [1.82, 2.24) is 0 Å². The van der Waals surface area contributed by atoms with Crippen LogP contribution in [0.25, 0.3) is 0 Å². The molecule has 2 aromatic rings. The number of carboxylic acid groups (broad SMARTS) is 1. The quantitative estimate of drug-likeness (QED) is 0.841. The molecule has 0 aliphatic heterocycles. The molecule has 0 bridgehead atoms. The maximum Gasteiger partial charge on any atom is 0.307 e. The summed E-state index contributed by atoms with van der Waals surface area (Å²) >= 11 is 0. The fourth-order valence-corrected chi connectivity index (χ4v) is 2.14. The van der Waals surface area contributed by atoms with Gasteiger partial charge >= 0.3 is 5.97 Å². The molecule has 0 heterocycles. The molecule has 110 valence electrons. The molecule has 3 heteroatoms. The van der Waals surface area contributed by atoms with Crippen LogP contribution in [0.4, 0.5) is 5.69 Å². The van der Waals surface area contributed by atoms with E-state index in [9.17, 15) is 4.79 Å². The molecular weight excluding hydrogens is 262 g/mol. The Morgan fingerprint density at radius 1 is 1.00 bits per heavy atom. The van der Waals surface area contributed by atoms with Gasteiger partial charge in [-0.15, -0.1) is 0 Å². The van der Waals surface area contributed by atoms with Gasteiger partial charge in [0.2, 0.25) is 0 Å². The van der Waals surface area contributed by atoms with Crippen LogP contribution >= 0.6 is 0 Å². The van der Waals surface area contributed by atoms with Crippen LogP contribution in [0, 0.1) is 0 Å². The number of aliphatic carboxylic acids is 1. The number of hydrogen-bond donors (Lipinski definition) is 2. The molecule has 0 spiro atoms. The zero-order chi connectivity index (χ0) is 15.2. The first-order chi connectivity index (χ1) is 10.0. The van der Waals surface area contributed by atoms with Gasteiger partial charge in [0, 0.05) is 12.2 Å². The summed E-state index contributed by atoms with van der Waals surface area (Å²) in [5, 5.41) is 12.1. The van der Waals surface area contributed by atoms with Crippen LogP contribution in [0.5, 0.6) is 0 Å². The number of carbonyl (C=O) groups is 1. The van der Waals surface area contributed by atoms with Crippen LogP contribution in [-0.4, -0.2) is 11.1 Å². The largest absolute Gasteiger partial charge is 0.481 e. The standard InChI is InChI=1S/C18H21NO2/c1-13(2)16-7-9-17(10-8-16)19-12-15-5-3-14(4-6-15)11-18(20)21/h3-10,13,19H,11-12H2,1-2H3,(H,20,21). The molecule has 0 saturated heterocycles. The fourth-order valence-electron chi connectivity index (χ4n) is 2.14. The Bertz CT molecular complexity index is 586. The predicted molar refractivity (Wildman–Crippen MR) is 85.6 cm³/mol. The van der Waals surface area contributed by atoms with E-state index in [0.29, 0.717) is 5.92 Å². The highest BCUT2D eigenvalue weighted by molar-refractivity contribution is 5.70. The van der Waals surface area contributed by atoms with Crippen molar-refractivity contribution in [1.29, 1.82) is 0 Å². The maximum atomic E-state index is 10.6. The molecule has 0 atom stereocenters. The summed E-state index contributed by atoms with van der Waals surface area (Å²) in [6.45, 7) is 5.09. The minimum atomic E-state index is -0.800. The molecule has 0 radical (unpaired) electrons. The SMILES string of the molecule is CC(C)c1ccc(NCc2ccc(CC(=O)O)cc2)cc1. The Hall–Kier alpha value is -2.29. The smallest absolute Gasteiger partial charge is 0.307 e. The van der Waals surface area contributed by atoms with Crippen molar-refractivity contribution in [3.05, 3.63) is 65.2 Å². The topological polar surface area (TPSA) is 49.3 Å². The third-order valence-corrected chi connectivity index (χ3v) is 3.45. The van der Waals surface area contributed by atoms with Gasteiger partial charge in [0.15, 0.2) is 0 Å². The molecule has 2 aromatic carbocycles. The van der Waals surface area contributed by atoms with Crippen molar-refractivity contribution in [3.63, 3.8) is 0 Å². The zero-order valence-electron chi connectivity index (χ0n) is 12.5. The third-order valence-electron chi connectivity index (χ3n) is 3.45. The van der Waals surface area contributed by atoms with E-state index in [1.807, 2.05) is 24.3 Å². The molecule has 2 N–H and O–H groups in total. The lowest BCUT2D eigenvalue weighted by Crippen LogP contribution is -2.02. The highest BCUT2D eigenvalue weighted by Gasteiger charge is 2.01. The van der Waals surface area contributed by atoms with Gasteiger partial charge in [-0.2, -0.15) is 0 Å². The summed E-state index contributed by atoms with van der Waals surface area (Å²) in [5.41, 5.74) is 4.39. The summed E-state index contributed by atoms with van der Waals surface area (Å²) in [5.74, 6) is -0.257. The van der Waals surface area contributed by atoms with Crippen molar-refractivity contribution in [2.45, 2.75) is 32.7 Å². The van der Waals surface area contributed by atoms with Crippen molar-refractivity contribution in [3.8, 4) is 0 Å². The van der Waals surface area contributed by atoms with Gasteiger partial charge in [0.25, 0.3) is 0 Å². The number of nitrogens with one attached hydrogen (secondary N) is 1. The summed E-state index contributed by atoms with van der Waals surface area (Å²) < 4.78 is 0.